The maximum atomic E-state index is 13.1. The zero-order valence-electron chi connectivity index (χ0n) is 37.6. The van der Waals surface area contributed by atoms with Gasteiger partial charge >= 0.3 is 5.97 Å². The van der Waals surface area contributed by atoms with Crippen molar-refractivity contribution in [1.82, 2.24) is 5.32 Å². The van der Waals surface area contributed by atoms with Crippen molar-refractivity contribution in [1.29, 1.82) is 0 Å². The summed E-state index contributed by atoms with van der Waals surface area (Å²) in [5.41, 5.74) is 0. The number of ether oxygens (including phenoxy) is 1. The fourth-order valence-corrected chi connectivity index (χ4v) is 6.65. The van der Waals surface area contributed by atoms with E-state index in [2.05, 4.69) is 99.0 Å². The van der Waals surface area contributed by atoms with Crippen LogP contribution in [0.3, 0.4) is 0 Å². The van der Waals surface area contributed by atoms with E-state index in [1.165, 1.54) is 64.2 Å². The number of carbonyl (C=O) groups excluding carboxylic acids is 2. The summed E-state index contributed by atoms with van der Waals surface area (Å²) in [5.74, 6) is -0.555. The summed E-state index contributed by atoms with van der Waals surface area (Å²) >= 11 is 0. The number of allylic oxidation sites excluding steroid dienone is 14. The lowest BCUT2D eigenvalue weighted by atomic mass is 10.0. The second kappa shape index (κ2) is 45.1. The van der Waals surface area contributed by atoms with E-state index in [4.69, 9.17) is 4.74 Å². The molecule has 6 heteroatoms. The van der Waals surface area contributed by atoms with E-state index in [1.54, 1.807) is 0 Å². The van der Waals surface area contributed by atoms with Crippen LogP contribution in [0.25, 0.3) is 0 Å². The number of esters is 1. The average molecular weight is 808 g/mol. The van der Waals surface area contributed by atoms with E-state index < -0.39 is 18.2 Å². The normalized spacial score (nSPS) is 14.1. The first-order chi connectivity index (χ1) is 28.5. The van der Waals surface area contributed by atoms with Gasteiger partial charge in [0.25, 0.3) is 0 Å². The molecule has 6 nitrogen and oxygen atoms in total. The first-order valence-corrected chi connectivity index (χ1v) is 23.8. The highest BCUT2D eigenvalue weighted by Gasteiger charge is 2.24. The summed E-state index contributed by atoms with van der Waals surface area (Å²) in [6.45, 7) is 6.26. The number of nitrogens with one attached hydrogen (secondary N) is 1. The van der Waals surface area contributed by atoms with Crippen molar-refractivity contribution >= 4 is 11.9 Å². The summed E-state index contributed by atoms with van der Waals surface area (Å²) in [6, 6.07) is -0.721. The SMILES string of the molecule is CC/C=C/C=C/C=C\CCCCCC(CC(=O)NC(CO)C(O)CCCCCCCCCCC)OC(=O)CCCCC/C=C\C/C=C\C/C=C\C/C=C\CCCCC. The lowest BCUT2D eigenvalue weighted by molar-refractivity contribution is -0.151. The summed E-state index contributed by atoms with van der Waals surface area (Å²) < 4.78 is 5.87. The van der Waals surface area contributed by atoms with Gasteiger partial charge in [0, 0.05) is 6.42 Å². The number of rotatable bonds is 41. The van der Waals surface area contributed by atoms with Crippen LogP contribution in [0.5, 0.6) is 0 Å². The Morgan fingerprint density at radius 3 is 1.59 bits per heavy atom. The molecular formula is C52H89NO5. The summed E-state index contributed by atoms with van der Waals surface area (Å²) in [5, 5.41) is 23.6. The van der Waals surface area contributed by atoms with E-state index >= 15 is 0 Å². The van der Waals surface area contributed by atoms with Crippen LogP contribution >= 0.6 is 0 Å². The van der Waals surface area contributed by atoms with Crippen molar-refractivity contribution in [3.63, 3.8) is 0 Å². The molecular weight excluding hydrogens is 719 g/mol. The second-order valence-corrected chi connectivity index (χ2v) is 15.8. The number of carbonyl (C=O) groups is 2. The lowest BCUT2D eigenvalue weighted by Gasteiger charge is -2.24. The highest BCUT2D eigenvalue weighted by atomic mass is 16.5. The molecule has 0 saturated heterocycles. The Bertz CT molecular complexity index is 1130. The third-order valence-corrected chi connectivity index (χ3v) is 10.3. The van der Waals surface area contributed by atoms with Gasteiger partial charge < -0.3 is 20.3 Å². The number of aliphatic hydroxyl groups is 2. The third kappa shape index (κ3) is 39.8. The Kier molecular flexibility index (Phi) is 42.8. The standard InChI is InChI=1S/C52H89NO5/c1-4-7-10-13-16-19-21-22-23-24-25-26-27-28-30-33-36-39-42-45-52(57)58-48(43-40-37-34-32-29-20-17-14-11-8-5-2)46-51(56)53-49(47-54)50(55)44-41-38-35-31-18-15-12-9-6-3/h8,11,14,16-17,19-20,22-23,25-26,28-30,48-50,54-55H,4-7,9-10,12-13,15,18,21,24,27,31-47H2,1-3H3,(H,53,56)/b11-8+,17-14+,19-16-,23-22-,26-25-,29-20-,30-28-. The van der Waals surface area contributed by atoms with Crippen molar-refractivity contribution < 1.29 is 24.5 Å². The zero-order valence-corrected chi connectivity index (χ0v) is 37.6. The van der Waals surface area contributed by atoms with Gasteiger partial charge in [-0.2, -0.15) is 0 Å². The minimum atomic E-state index is -0.804. The minimum Gasteiger partial charge on any atom is -0.462 e. The number of amides is 1. The minimum absolute atomic E-state index is 0.0367. The van der Waals surface area contributed by atoms with Crippen molar-refractivity contribution in [2.24, 2.45) is 0 Å². The van der Waals surface area contributed by atoms with Crippen molar-refractivity contribution in [2.75, 3.05) is 6.61 Å². The van der Waals surface area contributed by atoms with Gasteiger partial charge in [0.15, 0.2) is 0 Å². The van der Waals surface area contributed by atoms with Crippen LogP contribution in [0, 0.1) is 0 Å². The van der Waals surface area contributed by atoms with E-state index in [0.717, 1.165) is 96.3 Å². The highest BCUT2D eigenvalue weighted by Crippen LogP contribution is 2.16. The average Bonchev–Trinajstić information content (AvgIpc) is 3.22. The summed E-state index contributed by atoms with van der Waals surface area (Å²) in [4.78, 5) is 26.0. The second-order valence-electron chi connectivity index (χ2n) is 15.8. The first-order valence-electron chi connectivity index (χ1n) is 23.8. The molecule has 0 fully saturated rings. The fraction of sp³-hybridized carbons (Fsp3) is 0.692. The molecule has 0 rings (SSSR count). The quantitative estimate of drug-likeness (QED) is 0.0247. The molecule has 0 spiro atoms. The number of aliphatic hydroxyl groups excluding tert-OH is 2. The van der Waals surface area contributed by atoms with Gasteiger partial charge in [-0.05, 0) is 89.9 Å². The van der Waals surface area contributed by atoms with Crippen LogP contribution in [-0.4, -0.2) is 46.9 Å². The molecule has 0 aromatic carbocycles. The van der Waals surface area contributed by atoms with Crippen LogP contribution in [-0.2, 0) is 14.3 Å². The molecule has 0 aliphatic heterocycles. The van der Waals surface area contributed by atoms with Crippen molar-refractivity contribution in [2.45, 2.75) is 225 Å². The molecule has 0 bridgehead atoms. The largest absolute Gasteiger partial charge is 0.462 e. The van der Waals surface area contributed by atoms with Crippen LogP contribution in [0.1, 0.15) is 207 Å². The third-order valence-electron chi connectivity index (χ3n) is 10.3. The van der Waals surface area contributed by atoms with E-state index in [0.29, 0.717) is 19.3 Å². The molecule has 0 radical (unpaired) electrons. The topological polar surface area (TPSA) is 95.9 Å². The van der Waals surface area contributed by atoms with Gasteiger partial charge in [0.1, 0.15) is 6.10 Å². The maximum Gasteiger partial charge on any atom is 0.306 e. The predicted octanol–water partition coefficient (Wildman–Crippen LogP) is 14.0. The Morgan fingerprint density at radius 2 is 1.00 bits per heavy atom. The molecule has 332 valence electrons. The molecule has 3 N–H and O–H groups in total. The number of unbranched alkanes of at least 4 members (excludes halogenated alkanes) is 17. The van der Waals surface area contributed by atoms with Gasteiger partial charge in [-0.3, -0.25) is 9.59 Å². The van der Waals surface area contributed by atoms with Gasteiger partial charge in [0.2, 0.25) is 5.91 Å². The van der Waals surface area contributed by atoms with Gasteiger partial charge in [-0.15, -0.1) is 0 Å². The van der Waals surface area contributed by atoms with E-state index in [9.17, 15) is 19.8 Å². The van der Waals surface area contributed by atoms with Crippen LogP contribution in [0.4, 0.5) is 0 Å². The van der Waals surface area contributed by atoms with Crippen molar-refractivity contribution in [3.05, 3.63) is 85.1 Å². The summed E-state index contributed by atoms with van der Waals surface area (Å²) in [7, 11) is 0. The Morgan fingerprint density at radius 1 is 0.534 bits per heavy atom. The first kappa shape index (κ1) is 55.0. The molecule has 0 heterocycles. The van der Waals surface area contributed by atoms with Crippen molar-refractivity contribution in [3.8, 4) is 0 Å². The van der Waals surface area contributed by atoms with Gasteiger partial charge in [-0.25, -0.2) is 0 Å². The van der Waals surface area contributed by atoms with Gasteiger partial charge in [0.05, 0.1) is 25.2 Å². The Labute approximate surface area is 357 Å². The monoisotopic (exact) mass is 808 g/mol. The molecule has 3 atom stereocenters. The molecule has 1 amide bonds. The maximum absolute atomic E-state index is 13.1. The molecule has 58 heavy (non-hydrogen) atoms. The fourth-order valence-electron chi connectivity index (χ4n) is 6.65. The highest BCUT2D eigenvalue weighted by molar-refractivity contribution is 5.77. The summed E-state index contributed by atoms with van der Waals surface area (Å²) in [6.07, 6.45) is 57.9. The molecule has 0 aliphatic carbocycles. The van der Waals surface area contributed by atoms with E-state index in [-0.39, 0.29) is 24.9 Å². The molecule has 3 unspecified atom stereocenters. The molecule has 0 aromatic heterocycles. The van der Waals surface area contributed by atoms with E-state index in [1.807, 2.05) is 12.2 Å². The zero-order chi connectivity index (χ0) is 42.4. The van der Waals surface area contributed by atoms with Crippen LogP contribution in [0.15, 0.2) is 85.1 Å². The molecule has 0 aromatic rings. The predicted molar refractivity (Wildman–Crippen MR) is 250 cm³/mol. The van der Waals surface area contributed by atoms with Gasteiger partial charge in [-0.1, -0.05) is 189 Å². The Hall–Kier alpha value is -2.96. The molecule has 0 saturated carbocycles. The van der Waals surface area contributed by atoms with Crippen LogP contribution < -0.4 is 5.32 Å². The van der Waals surface area contributed by atoms with Crippen LogP contribution in [0.2, 0.25) is 0 Å². The number of hydrogen-bond donors (Lipinski definition) is 3. The smallest absolute Gasteiger partial charge is 0.306 e. The Balaban J connectivity index is 4.64. The molecule has 0 aliphatic rings. The lowest BCUT2D eigenvalue weighted by Crippen LogP contribution is -2.46. The number of hydrogen-bond acceptors (Lipinski definition) is 5.